The predicted octanol–water partition coefficient (Wildman–Crippen LogP) is 2.89. The smallest absolute Gasteiger partial charge is 0.115 e. The second-order valence-electron chi connectivity index (χ2n) is 4.80. The van der Waals surface area contributed by atoms with E-state index in [-0.39, 0.29) is 0 Å². The first kappa shape index (κ1) is 11.5. The first-order valence-corrected chi connectivity index (χ1v) is 6.25. The number of hydrogen-bond acceptors (Lipinski definition) is 2. The van der Waals surface area contributed by atoms with Crippen LogP contribution in [-0.4, -0.2) is 18.7 Å². The van der Waals surface area contributed by atoms with Crippen LogP contribution in [0.1, 0.15) is 37.2 Å². The molecule has 0 radical (unpaired) electrons. The van der Waals surface area contributed by atoms with Crippen molar-refractivity contribution < 1.29 is 5.11 Å². The monoisotopic (exact) mass is 219 g/mol. The number of likely N-dealkylation sites (N-methyl/N-ethyl adjacent to an activating group) is 1. The van der Waals surface area contributed by atoms with Crippen LogP contribution >= 0.6 is 0 Å². The molecular weight excluding hydrogens is 198 g/mol. The molecule has 2 N–H and O–H groups in total. The van der Waals surface area contributed by atoms with Crippen molar-refractivity contribution in [3.8, 4) is 5.75 Å². The maximum absolute atomic E-state index is 9.32. The fraction of sp³-hybridized carbons (Fsp3) is 0.571. The number of rotatable bonds is 4. The average Bonchev–Trinajstić information content (AvgIpc) is 2.81. The molecule has 1 saturated carbocycles. The molecule has 0 bridgehead atoms. The van der Waals surface area contributed by atoms with E-state index in [1.807, 2.05) is 7.05 Å². The minimum atomic E-state index is 0.360. The Kier molecular flexibility index (Phi) is 3.83. The predicted molar refractivity (Wildman–Crippen MR) is 66.7 cm³/mol. The quantitative estimate of drug-likeness (QED) is 0.816. The van der Waals surface area contributed by atoms with Gasteiger partial charge in [-0.05, 0) is 49.4 Å². The number of phenols is 1. The summed E-state index contributed by atoms with van der Waals surface area (Å²) >= 11 is 0. The third kappa shape index (κ3) is 2.56. The standard InChI is InChI=1S/C14H21NO/c1-15-10-14(11-4-2-3-5-11)12-6-8-13(16)9-7-12/h6-9,11,14-16H,2-5,10H2,1H3. The van der Waals surface area contributed by atoms with Gasteiger partial charge in [0.1, 0.15) is 5.75 Å². The Bertz CT molecular complexity index is 314. The van der Waals surface area contributed by atoms with Gasteiger partial charge >= 0.3 is 0 Å². The van der Waals surface area contributed by atoms with E-state index in [1.54, 1.807) is 12.1 Å². The number of phenolic OH excluding ortho intramolecular Hbond substituents is 1. The zero-order chi connectivity index (χ0) is 11.4. The van der Waals surface area contributed by atoms with Crippen LogP contribution in [0.15, 0.2) is 24.3 Å². The topological polar surface area (TPSA) is 32.3 Å². The van der Waals surface area contributed by atoms with Crippen molar-refractivity contribution in [2.24, 2.45) is 5.92 Å². The summed E-state index contributed by atoms with van der Waals surface area (Å²) in [4.78, 5) is 0. The molecule has 0 amide bonds. The molecule has 0 spiro atoms. The zero-order valence-electron chi connectivity index (χ0n) is 9.95. The van der Waals surface area contributed by atoms with E-state index >= 15 is 0 Å². The number of aromatic hydroxyl groups is 1. The van der Waals surface area contributed by atoms with Gasteiger partial charge in [-0.1, -0.05) is 25.0 Å². The van der Waals surface area contributed by atoms with Gasteiger partial charge < -0.3 is 10.4 Å². The Morgan fingerprint density at radius 2 is 1.88 bits per heavy atom. The Hall–Kier alpha value is -1.02. The first-order valence-electron chi connectivity index (χ1n) is 6.25. The van der Waals surface area contributed by atoms with Gasteiger partial charge in [-0.15, -0.1) is 0 Å². The van der Waals surface area contributed by atoms with Gasteiger partial charge in [0.2, 0.25) is 0 Å². The molecule has 1 fully saturated rings. The lowest BCUT2D eigenvalue weighted by atomic mass is 9.85. The van der Waals surface area contributed by atoms with E-state index < -0.39 is 0 Å². The molecule has 1 unspecified atom stereocenters. The van der Waals surface area contributed by atoms with Crippen molar-refractivity contribution in [1.29, 1.82) is 0 Å². The van der Waals surface area contributed by atoms with Crippen molar-refractivity contribution in [1.82, 2.24) is 5.32 Å². The molecule has 2 nitrogen and oxygen atoms in total. The van der Waals surface area contributed by atoms with Crippen molar-refractivity contribution in [3.05, 3.63) is 29.8 Å². The van der Waals surface area contributed by atoms with Gasteiger partial charge in [0.25, 0.3) is 0 Å². The Morgan fingerprint density at radius 1 is 1.25 bits per heavy atom. The summed E-state index contributed by atoms with van der Waals surface area (Å²) in [5.41, 5.74) is 1.36. The molecule has 88 valence electrons. The third-order valence-corrected chi connectivity index (χ3v) is 3.71. The molecule has 0 heterocycles. The Balaban J connectivity index is 2.14. The highest BCUT2D eigenvalue weighted by atomic mass is 16.3. The Labute approximate surface area is 97.7 Å². The maximum Gasteiger partial charge on any atom is 0.115 e. The SMILES string of the molecule is CNCC(c1ccc(O)cc1)C1CCCC1. The van der Waals surface area contributed by atoms with Crippen LogP contribution in [0, 0.1) is 5.92 Å². The lowest BCUT2D eigenvalue weighted by Crippen LogP contribution is -2.22. The lowest BCUT2D eigenvalue weighted by Gasteiger charge is -2.23. The van der Waals surface area contributed by atoms with E-state index in [0.29, 0.717) is 11.7 Å². The largest absolute Gasteiger partial charge is 0.508 e. The van der Waals surface area contributed by atoms with Crippen LogP contribution in [0.5, 0.6) is 5.75 Å². The molecule has 2 rings (SSSR count). The van der Waals surface area contributed by atoms with Crippen molar-refractivity contribution in [2.45, 2.75) is 31.6 Å². The van der Waals surface area contributed by atoms with Crippen LogP contribution in [-0.2, 0) is 0 Å². The molecule has 0 aliphatic heterocycles. The van der Waals surface area contributed by atoms with E-state index in [4.69, 9.17) is 0 Å². The summed E-state index contributed by atoms with van der Waals surface area (Å²) in [5, 5.41) is 12.6. The molecule has 1 atom stereocenters. The fourth-order valence-electron chi connectivity index (χ4n) is 2.86. The summed E-state index contributed by atoms with van der Waals surface area (Å²) in [6, 6.07) is 7.73. The molecule has 1 aromatic carbocycles. The number of hydrogen-bond donors (Lipinski definition) is 2. The van der Waals surface area contributed by atoms with Crippen molar-refractivity contribution >= 4 is 0 Å². The molecule has 2 heteroatoms. The normalized spacial score (nSPS) is 18.8. The molecule has 16 heavy (non-hydrogen) atoms. The highest BCUT2D eigenvalue weighted by molar-refractivity contribution is 5.29. The van der Waals surface area contributed by atoms with E-state index in [9.17, 15) is 5.11 Å². The van der Waals surface area contributed by atoms with Crippen molar-refractivity contribution in [2.75, 3.05) is 13.6 Å². The van der Waals surface area contributed by atoms with Gasteiger partial charge in [0, 0.05) is 6.54 Å². The summed E-state index contributed by atoms with van der Waals surface area (Å²) in [6.07, 6.45) is 5.46. The summed E-state index contributed by atoms with van der Waals surface area (Å²) in [5.74, 6) is 1.78. The minimum absolute atomic E-state index is 0.360. The molecule has 1 aliphatic carbocycles. The van der Waals surface area contributed by atoms with Crippen LogP contribution < -0.4 is 5.32 Å². The van der Waals surface area contributed by atoms with E-state index in [2.05, 4.69) is 17.4 Å². The van der Waals surface area contributed by atoms with Gasteiger partial charge in [-0.3, -0.25) is 0 Å². The molecule has 0 saturated heterocycles. The van der Waals surface area contributed by atoms with Crippen LogP contribution in [0.25, 0.3) is 0 Å². The Morgan fingerprint density at radius 3 is 2.44 bits per heavy atom. The van der Waals surface area contributed by atoms with E-state index in [0.717, 1.165) is 12.5 Å². The fourth-order valence-corrected chi connectivity index (χ4v) is 2.86. The maximum atomic E-state index is 9.32. The highest BCUT2D eigenvalue weighted by Crippen LogP contribution is 2.37. The first-order chi connectivity index (χ1) is 7.81. The second kappa shape index (κ2) is 5.35. The average molecular weight is 219 g/mol. The van der Waals surface area contributed by atoms with E-state index in [1.165, 1.54) is 31.2 Å². The highest BCUT2D eigenvalue weighted by Gasteiger charge is 2.25. The van der Waals surface area contributed by atoms with Gasteiger partial charge in [0.05, 0.1) is 0 Å². The molecule has 1 aliphatic rings. The minimum Gasteiger partial charge on any atom is -0.508 e. The van der Waals surface area contributed by atoms with Crippen LogP contribution in [0.4, 0.5) is 0 Å². The zero-order valence-corrected chi connectivity index (χ0v) is 9.95. The number of benzene rings is 1. The van der Waals surface area contributed by atoms with Gasteiger partial charge in [0.15, 0.2) is 0 Å². The van der Waals surface area contributed by atoms with Gasteiger partial charge in [-0.2, -0.15) is 0 Å². The molecule has 0 aromatic heterocycles. The third-order valence-electron chi connectivity index (χ3n) is 3.71. The number of nitrogens with one attached hydrogen (secondary N) is 1. The second-order valence-corrected chi connectivity index (χ2v) is 4.80. The van der Waals surface area contributed by atoms with Crippen molar-refractivity contribution in [3.63, 3.8) is 0 Å². The van der Waals surface area contributed by atoms with Crippen LogP contribution in [0.2, 0.25) is 0 Å². The summed E-state index contributed by atoms with van der Waals surface area (Å²) < 4.78 is 0. The molecular formula is C14H21NO. The van der Waals surface area contributed by atoms with Gasteiger partial charge in [-0.25, -0.2) is 0 Å². The molecule has 1 aromatic rings. The summed E-state index contributed by atoms with van der Waals surface area (Å²) in [6.45, 7) is 1.04. The van der Waals surface area contributed by atoms with Crippen LogP contribution in [0.3, 0.4) is 0 Å². The summed E-state index contributed by atoms with van der Waals surface area (Å²) in [7, 11) is 2.02. The lowest BCUT2D eigenvalue weighted by molar-refractivity contribution is 0.420.